The Kier molecular flexibility index (Phi) is 3.56. The number of fused-ring (bicyclic) bond motifs is 1. The fourth-order valence-corrected chi connectivity index (χ4v) is 2.86. The van der Waals surface area contributed by atoms with Gasteiger partial charge in [0.05, 0.1) is 0 Å². The van der Waals surface area contributed by atoms with Crippen molar-refractivity contribution in [2.75, 3.05) is 13.1 Å². The van der Waals surface area contributed by atoms with Crippen molar-refractivity contribution in [2.24, 2.45) is 0 Å². The van der Waals surface area contributed by atoms with Crippen molar-refractivity contribution in [3.8, 4) is 0 Å². The standard InChI is InChI=1S/C16H15BrNO/c17-15-7-6-12-10-14(5-4-13(12)11-15)16(19)18-8-2-1-3-9-18/h1,4-7,10-11H,2-3,8-9H2. The van der Waals surface area contributed by atoms with Crippen LogP contribution in [0.4, 0.5) is 0 Å². The van der Waals surface area contributed by atoms with E-state index in [0.29, 0.717) is 0 Å². The molecule has 1 aliphatic heterocycles. The molecule has 0 aromatic heterocycles. The van der Waals surface area contributed by atoms with E-state index in [2.05, 4.69) is 28.4 Å². The van der Waals surface area contributed by atoms with Gasteiger partial charge in [-0.1, -0.05) is 28.1 Å². The van der Waals surface area contributed by atoms with E-state index in [1.54, 1.807) is 0 Å². The van der Waals surface area contributed by atoms with Gasteiger partial charge in [0.25, 0.3) is 5.91 Å². The highest BCUT2D eigenvalue weighted by Crippen LogP contribution is 2.22. The number of nitrogens with zero attached hydrogens (tertiary/aromatic N) is 1. The van der Waals surface area contributed by atoms with Crippen LogP contribution >= 0.6 is 15.9 Å². The molecule has 1 aliphatic rings. The lowest BCUT2D eigenvalue weighted by atomic mass is 10.0. The Labute approximate surface area is 121 Å². The van der Waals surface area contributed by atoms with Gasteiger partial charge in [0.15, 0.2) is 0 Å². The third-order valence-corrected chi connectivity index (χ3v) is 4.04. The first kappa shape index (κ1) is 12.7. The van der Waals surface area contributed by atoms with Gasteiger partial charge in [0, 0.05) is 23.1 Å². The van der Waals surface area contributed by atoms with Crippen LogP contribution in [0.1, 0.15) is 23.2 Å². The number of carbonyl (C=O) groups is 1. The van der Waals surface area contributed by atoms with Crippen LogP contribution in [0.5, 0.6) is 0 Å². The third kappa shape index (κ3) is 2.66. The molecule has 1 heterocycles. The number of piperidine rings is 1. The number of rotatable bonds is 1. The summed E-state index contributed by atoms with van der Waals surface area (Å²) < 4.78 is 1.06. The fourth-order valence-electron chi connectivity index (χ4n) is 2.49. The number of hydrogen-bond acceptors (Lipinski definition) is 1. The van der Waals surface area contributed by atoms with Crippen LogP contribution in [-0.2, 0) is 0 Å². The molecule has 0 spiro atoms. The third-order valence-electron chi connectivity index (χ3n) is 3.54. The van der Waals surface area contributed by atoms with E-state index in [4.69, 9.17) is 0 Å². The summed E-state index contributed by atoms with van der Waals surface area (Å²) in [5, 5.41) is 2.26. The maximum absolute atomic E-state index is 12.4. The summed E-state index contributed by atoms with van der Waals surface area (Å²) in [7, 11) is 0. The zero-order valence-electron chi connectivity index (χ0n) is 10.6. The summed E-state index contributed by atoms with van der Waals surface area (Å²) in [6, 6.07) is 12.0. The van der Waals surface area contributed by atoms with Gasteiger partial charge in [0.2, 0.25) is 0 Å². The molecule has 0 N–H and O–H groups in total. The van der Waals surface area contributed by atoms with Gasteiger partial charge in [-0.3, -0.25) is 4.79 Å². The molecular weight excluding hydrogens is 302 g/mol. The van der Waals surface area contributed by atoms with Crippen molar-refractivity contribution in [2.45, 2.75) is 12.8 Å². The molecule has 2 aromatic rings. The molecule has 1 fully saturated rings. The Hall–Kier alpha value is -1.35. The van der Waals surface area contributed by atoms with E-state index in [-0.39, 0.29) is 5.91 Å². The summed E-state index contributed by atoms with van der Waals surface area (Å²) in [5.74, 6) is 0.151. The van der Waals surface area contributed by atoms with Gasteiger partial charge < -0.3 is 4.90 Å². The average Bonchev–Trinajstić information content (AvgIpc) is 2.47. The molecule has 1 saturated heterocycles. The topological polar surface area (TPSA) is 20.3 Å². The Morgan fingerprint density at radius 2 is 1.68 bits per heavy atom. The van der Waals surface area contributed by atoms with E-state index in [1.807, 2.05) is 35.2 Å². The Morgan fingerprint density at radius 3 is 2.47 bits per heavy atom. The predicted molar refractivity (Wildman–Crippen MR) is 81.1 cm³/mol. The normalized spacial score (nSPS) is 15.7. The van der Waals surface area contributed by atoms with Crippen molar-refractivity contribution in [3.63, 3.8) is 0 Å². The molecule has 1 amide bonds. The van der Waals surface area contributed by atoms with Crippen molar-refractivity contribution in [1.29, 1.82) is 0 Å². The Bertz CT molecular complexity index is 617. The SMILES string of the molecule is O=C(c1ccc2cc(Br)ccc2c1)N1CC[CH]CC1. The highest BCUT2D eigenvalue weighted by molar-refractivity contribution is 9.10. The monoisotopic (exact) mass is 316 g/mol. The van der Waals surface area contributed by atoms with Gasteiger partial charge in [-0.05, 0) is 54.3 Å². The second-order valence-corrected chi connectivity index (χ2v) is 5.78. The molecule has 0 atom stereocenters. The zero-order valence-corrected chi connectivity index (χ0v) is 12.2. The first-order valence-electron chi connectivity index (χ1n) is 6.54. The minimum absolute atomic E-state index is 0.151. The van der Waals surface area contributed by atoms with Crippen LogP contribution in [-0.4, -0.2) is 23.9 Å². The number of likely N-dealkylation sites (tertiary alicyclic amines) is 1. The molecule has 1 radical (unpaired) electrons. The van der Waals surface area contributed by atoms with Gasteiger partial charge in [-0.2, -0.15) is 0 Å². The summed E-state index contributed by atoms with van der Waals surface area (Å²) in [4.78, 5) is 14.4. The van der Waals surface area contributed by atoms with E-state index >= 15 is 0 Å². The lowest BCUT2D eigenvalue weighted by Gasteiger charge is -2.26. The first-order valence-corrected chi connectivity index (χ1v) is 7.33. The molecule has 0 saturated carbocycles. The van der Waals surface area contributed by atoms with Crippen molar-refractivity contribution >= 4 is 32.6 Å². The van der Waals surface area contributed by atoms with E-state index in [0.717, 1.165) is 46.7 Å². The second kappa shape index (κ2) is 5.33. The van der Waals surface area contributed by atoms with Crippen LogP contribution in [0.15, 0.2) is 40.9 Å². The molecule has 3 rings (SSSR count). The zero-order chi connectivity index (χ0) is 13.2. The van der Waals surface area contributed by atoms with Gasteiger partial charge >= 0.3 is 0 Å². The Balaban J connectivity index is 1.92. The molecule has 2 nitrogen and oxygen atoms in total. The number of halogens is 1. The van der Waals surface area contributed by atoms with Crippen LogP contribution in [0, 0.1) is 6.42 Å². The second-order valence-electron chi connectivity index (χ2n) is 4.86. The molecule has 2 aromatic carbocycles. The quantitative estimate of drug-likeness (QED) is 0.777. The summed E-state index contributed by atoms with van der Waals surface area (Å²) in [5.41, 5.74) is 0.789. The van der Waals surface area contributed by atoms with Crippen LogP contribution in [0.3, 0.4) is 0 Å². The summed E-state index contributed by atoms with van der Waals surface area (Å²) in [6.45, 7) is 1.69. The first-order chi connectivity index (χ1) is 9.24. The molecule has 0 bridgehead atoms. The summed E-state index contributed by atoms with van der Waals surface area (Å²) in [6.07, 6.45) is 4.26. The molecule has 0 aliphatic carbocycles. The minimum Gasteiger partial charge on any atom is -0.339 e. The fraction of sp³-hybridized carbons (Fsp3) is 0.250. The van der Waals surface area contributed by atoms with Crippen LogP contribution in [0.25, 0.3) is 10.8 Å². The number of amides is 1. The smallest absolute Gasteiger partial charge is 0.253 e. The van der Waals surface area contributed by atoms with E-state index in [9.17, 15) is 4.79 Å². The van der Waals surface area contributed by atoms with Gasteiger partial charge in [0.1, 0.15) is 0 Å². The number of benzene rings is 2. The average molecular weight is 317 g/mol. The highest BCUT2D eigenvalue weighted by atomic mass is 79.9. The maximum Gasteiger partial charge on any atom is 0.253 e. The molecule has 97 valence electrons. The highest BCUT2D eigenvalue weighted by Gasteiger charge is 2.18. The lowest BCUT2D eigenvalue weighted by Crippen LogP contribution is -2.35. The van der Waals surface area contributed by atoms with Crippen molar-refractivity contribution < 1.29 is 4.79 Å². The molecule has 19 heavy (non-hydrogen) atoms. The van der Waals surface area contributed by atoms with Gasteiger partial charge in [-0.15, -0.1) is 0 Å². The summed E-state index contributed by atoms with van der Waals surface area (Å²) >= 11 is 3.46. The van der Waals surface area contributed by atoms with Crippen LogP contribution in [0.2, 0.25) is 0 Å². The number of carbonyl (C=O) groups excluding carboxylic acids is 1. The largest absolute Gasteiger partial charge is 0.339 e. The predicted octanol–water partition coefficient (Wildman–Crippen LogP) is 4.04. The van der Waals surface area contributed by atoms with Gasteiger partial charge in [-0.25, -0.2) is 0 Å². The van der Waals surface area contributed by atoms with E-state index in [1.165, 1.54) is 0 Å². The molecule has 0 unspecified atom stereocenters. The van der Waals surface area contributed by atoms with E-state index < -0.39 is 0 Å². The Morgan fingerprint density at radius 1 is 1.00 bits per heavy atom. The molecule has 3 heteroatoms. The van der Waals surface area contributed by atoms with Crippen molar-refractivity contribution in [3.05, 3.63) is 52.9 Å². The lowest BCUT2D eigenvalue weighted by molar-refractivity contribution is 0.0742. The molecular formula is C16H15BrNO. The van der Waals surface area contributed by atoms with Crippen molar-refractivity contribution in [1.82, 2.24) is 4.90 Å². The van der Waals surface area contributed by atoms with Crippen LogP contribution < -0.4 is 0 Å². The number of hydrogen-bond donors (Lipinski definition) is 0. The maximum atomic E-state index is 12.4. The minimum atomic E-state index is 0.151.